The molecule has 152 valence electrons. The molecule has 1 aromatic heterocycles. The van der Waals surface area contributed by atoms with Crippen molar-refractivity contribution in [2.45, 2.75) is 12.3 Å². The summed E-state index contributed by atoms with van der Waals surface area (Å²) in [4.78, 5) is 14.5. The summed E-state index contributed by atoms with van der Waals surface area (Å²) < 4.78 is 28.7. The predicted octanol–water partition coefficient (Wildman–Crippen LogP) is 2.97. The van der Waals surface area contributed by atoms with E-state index in [0.717, 1.165) is 16.5 Å². The van der Waals surface area contributed by atoms with E-state index in [1.807, 2.05) is 65.4 Å². The van der Waals surface area contributed by atoms with Gasteiger partial charge in [-0.05, 0) is 29.1 Å². The van der Waals surface area contributed by atoms with Crippen LogP contribution in [-0.4, -0.2) is 54.3 Å². The number of aromatic nitrogens is 1. The number of fused-ring (bicyclic) bond motifs is 1. The van der Waals surface area contributed by atoms with Gasteiger partial charge in [0.1, 0.15) is 6.54 Å². The molecule has 0 spiro atoms. The van der Waals surface area contributed by atoms with Crippen LogP contribution < -0.4 is 0 Å². The molecule has 2 heterocycles. The van der Waals surface area contributed by atoms with E-state index in [4.69, 9.17) is 11.6 Å². The monoisotopic (exact) mass is 431 g/mol. The van der Waals surface area contributed by atoms with Crippen molar-refractivity contribution in [2.24, 2.45) is 0 Å². The molecular weight excluding hydrogens is 410 g/mol. The van der Waals surface area contributed by atoms with Crippen molar-refractivity contribution in [2.75, 3.05) is 26.2 Å². The number of amides is 1. The van der Waals surface area contributed by atoms with Gasteiger partial charge in [-0.15, -0.1) is 0 Å². The molecule has 0 N–H and O–H groups in total. The Balaban J connectivity index is 1.37. The molecule has 3 aromatic rings. The molecule has 0 atom stereocenters. The molecule has 1 aliphatic rings. The molecule has 0 radical (unpaired) electrons. The number of rotatable bonds is 5. The molecule has 1 saturated heterocycles. The Morgan fingerprint density at radius 3 is 2.41 bits per heavy atom. The Bertz CT molecular complexity index is 1120. The van der Waals surface area contributed by atoms with E-state index >= 15 is 0 Å². The number of benzene rings is 2. The predicted molar refractivity (Wildman–Crippen MR) is 114 cm³/mol. The minimum atomic E-state index is -3.39. The van der Waals surface area contributed by atoms with Gasteiger partial charge in [0.05, 0.1) is 5.75 Å². The summed E-state index contributed by atoms with van der Waals surface area (Å²) in [6.07, 6.45) is 1.87. The molecule has 2 aromatic carbocycles. The topological polar surface area (TPSA) is 62.6 Å². The second-order valence-electron chi connectivity index (χ2n) is 7.17. The number of piperazine rings is 1. The van der Waals surface area contributed by atoms with Crippen LogP contribution in [0.2, 0.25) is 5.02 Å². The first-order chi connectivity index (χ1) is 13.9. The average Bonchev–Trinajstić information content (AvgIpc) is 3.10. The molecule has 1 amide bonds. The van der Waals surface area contributed by atoms with Crippen molar-refractivity contribution in [3.8, 4) is 0 Å². The van der Waals surface area contributed by atoms with Gasteiger partial charge in [0.25, 0.3) is 0 Å². The van der Waals surface area contributed by atoms with Gasteiger partial charge in [0, 0.05) is 42.9 Å². The van der Waals surface area contributed by atoms with Crippen LogP contribution in [0.15, 0.2) is 60.8 Å². The van der Waals surface area contributed by atoms with Crippen LogP contribution in [0.5, 0.6) is 0 Å². The maximum Gasteiger partial charge on any atom is 0.242 e. The van der Waals surface area contributed by atoms with E-state index in [0.29, 0.717) is 31.2 Å². The fraction of sp³-hybridized carbons (Fsp3) is 0.286. The van der Waals surface area contributed by atoms with Crippen LogP contribution >= 0.6 is 11.6 Å². The van der Waals surface area contributed by atoms with Crippen LogP contribution in [0.4, 0.5) is 0 Å². The van der Waals surface area contributed by atoms with E-state index in [9.17, 15) is 13.2 Å². The van der Waals surface area contributed by atoms with Crippen molar-refractivity contribution >= 4 is 38.4 Å². The maximum atomic E-state index is 12.7. The third-order valence-corrected chi connectivity index (χ3v) is 7.30. The van der Waals surface area contributed by atoms with Crippen molar-refractivity contribution < 1.29 is 13.2 Å². The summed E-state index contributed by atoms with van der Waals surface area (Å²) in [7, 11) is -3.39. The Kier molecular flexibility index (Phi) is 5.63. The number of halogens is 1. The normalized spacial score (nSPS) is 15.7. The van der Waals surface area contributed by atoms with Gasteiger partial charge < -0.3 is 9.47 Å². The quantitative estimate of drug-likeness (QED) is 0.624. The lowest BCUT2D eigenvalue weighted by molar-refractivity contribution is -0.132. The fourth-order valence-corrected chi connectivity index (χ4v) is 5.31. The zero-order valence-corrected chi connectivity index (χ0v) is 17.4. The lowest BCUT2D eigenvalue weighted by Gasteiger charge is -2.34. The minimum absolute atomic E-state index is 0.0160. The molecule has 29 heavy (non-hydrogen) atoms. The third kappa shape index (κ3) is 4.47. The SMILES string of the molecule is O=C(Cn1ccc2ccc(Cl)cc21)N1CCN(S(=O)(=O)Cc2ccccc2)CC1. The second kappa shape index (κ2) is 8.18. The Hall–Kier alpha value is -2.35. The largest absolute Gasteiger partial charge is 0.339 e. The first-order valence-electron chi connectivity index (χ1n) is 9.46. The lowest BCUT2D eigenvalue weighted by atomic mass is 10.2. The first kappa shape index (κ1) is 19.9. The molecule has 0 saturated carbocycles. The molecule has 4 rings (SSSR count). The Morgan fingerprint density at radius 2 is 1.69 bits per heavy atom. The number of hydrogen-bond acceptors (Lipinski definition) is 3. The molecule has 1 fully saturated rings. The highest BCUT2D eigenvalue weighted by Gasteiger charge is 2.29. The second-order valence-corrected chi connectivity index (χ2v) is 9.57. The third-order valence-electron chi connectivity index (χ3n) is 5.22. The van der Waals surface area contributed by atoms with Gasteiger partial charge >= 0.3 is 0 Å². The smallest absolute Gasteiger partial charge is 0.242 e. The Labute approximate surface area is 175 Å². The first-order valence-corrected chi connectivity index (χ1v) is 11.4. The van der Waals surface area contributed by atoms with Crippen molar-refractivity contribution in [3.63, 3.8) is 0 Å². The highest BCUT2D eigenvalue weighted by molar-refractivity contribution is 7.88. The van der Waals surface area contributed by atoms with E-state index in [1.165, 1.54) is 4.31 Å². The summed E-state index contributed by atoms with van der Waals surface area (Å²) in [5, 5.41) is 1.65. The summed E-state index contributed by atoms with van der Waals surface area (Å²) in [5.74, 6) is -0.0414. The van der Waals surface area contributed by atoms with Gasteiger partial charge in [-0.25, -0.2) is 8.42 Å². The highest BCUT2D eigenvalue weighted by Crippen LogP contribution is 2.21. The van der Waals surface area contributed by atoms with Crippen LogP contribution in [-0.2, 0) is 27.1 Å². The standard InChI is InChI=1S/C21H22ClN3O3S/c22-19-7-6-18-8-9-24(20(18)14-19)15-21(26)23-10-12-25(13-11-23)29(27,28)16-17-4-2-1-3-5-17/h1-9,14H,10-13,15-16H2. The van der Waals surface area contributed by atoms with Gasteiger partial charge in [-0.2, -0.15) is 4.31 Å². The van der Waals surface area contributed by atoms with Crippen LogP contribution in [0.3, 0.4) is 0 Å². The molecule has 0 aliphatic carbocycles. The van der Waals surface area contributed by atoms with E-state index < -0.39 is 10.0 Å². The summed E-state index contributed by atoms with van der Waals surface area (Å²) in [6.45, 7) is 1.64. The maximum absolute atomic E-state index is 12.7. The van der Waals surface area contributed by atoms with Gasteiger partial charge in [0.15, 0.2) is 0 Å². The highest BCUT2D eigenvalue weighted by atomic mass is 35.5. The summed E-state index contributed by atoms with van der Waals surface area (Å²) in [5.41, 5.74) is 1.68. The lowest BCUT2D eigenvalue weighted by Crippen LogP contribution is -2.51. The molecule has 8 heteroatoms. The zero-order chi connectivity index (χ0) is 20.4. The molecule has 0 bridgehead atoms. The van der Waals surface area contributed by atoms with E-state index in [2.05, 4.69) is 0 Å². The molecule has 0 unspecified atom stereocenters. The van der Waals surface area contributed by atoms with Gasteiger partial charge in [-0.3, -0.25) is 4.79 Å². The molecule has 6 nitrogen and oxygen atoms in total. The number of hydrogen-bond donors (Lipinski definition) is 0. The van der Waals surface area contributed by atoms with Gasteiger partial charge in [0.2, 0.25) is 15.9 Å². The van der Waals surface area contributed by atoms with Crippen molar-refractivity contribution in [1.29, 1.82) is 0 Å². The van der Waals surface area contributed by atoms with Gasteiger partial charge in [-0.1, -0.05) is 48.0 Å². The molecule has 1 aliphatic heterocycles. The van der Waals surface area contributed by atoms with Crippen molar-refractivity contribution in [3.05, 3.63) is 71.4 Å². The Morgan fingerprint density at radius 1 is 0.966 bits per heavy atom. The number of nitrogens with zero attached hydrogens (tertiary/aromatic N) is 3. The van der Waals surface area contributed by atoms with Crippen LogP contribution in [0.25, 0.3) is 10.9 Å². The van der Waals surface area contributed by atoms with E-state index in [1.54, 1.807) is 4.90 Å². The molecular formula is C21H22ClN3O3S. The van der Waals surface area contributed by atoms with Crippen LogP contribution in [0.1, 0.15) is 5.56 Å². The summed E-state index contributed by atoms with van der Waals surface area (Å²) in [6, 6.07) is 16.7. The van der Waals surface area contributed by atoms with E-state index in [-0.39, 0.29) is 18.2 Å². The number of carbonyl (C=O) groups is 1. The average molecular weight is 432 g/mol. The van der Waals surface area contributed by atoms with Crippen LogP contribution in [0, 0.1) is 0 Å². The minimum Gasteiger partial charge on any atom is -0.339 e. The fourth-order valence-electron chi connectivity index (χ4n) is 3.63. The van der Waals surface area contributed by atoms with Crippen molar-refractivity contribution in [1.82, 2.24) is 13.8 Å². The zero-order valence-electron chi connectivity index (χ0n) is 15.9. The number of carbonyl (C=O) groups excluding carboxylic acids is 1. The summed E-state index contributed by atoms with van der Waals surface area (Å²) >= 11 is 6.08. The number of sulfonamides is 1.